The molecule has 2 rings (SSSR count). The van der Waals surface area contributed by atoms with Crippen LogP contribution in [0.15, 0.2) is 30.7 Å². The normalized spacial score (nSPS) is 10.0. The Morgan fingerprint density at radius 1 is 1.29 bits per heavy atom. The highest BCUT2D eigenvalue weighted by atomic mass is 16.5. The number of nitrogens with zero attached hydrogens (tertiary/aromatic N) is 2. The van der Waals surface area contributed by atoms with Gasteiger partial charge < -0.3 is 20.5 Å². The Balaban J connectivity index is 2.15. The number of benzene rings is 1. The van der Waals surface area contributed by atoms with Gasteiger partial charge in [-0.25, -0.2) is 9.97 Å². The molecule has 0 radical (unpaired) electrons. The molecule has 7 heteroatoms. The first-order valence-corrected chi connectivity index (χ1v) is 6.20. The van der Waals surface area contributed by atoms with E-state index in [2.05, 4.69) is 15.3 Å². The van der Waals surface area contributed by atoms with E-state index in [-0.39, 0.29) is 12.5 Å². The monoisotopic (exact) mass is 288 g/mol. The molecule has 0 bridgehead atoms. The summed E-state index contributed by atoms with van der Waals surface area (Å²) in [5.74, 6) is 0.605. The van der Waals surface area contributed by atoms with Crippen molar-refractivity contribution in [3.63, 3.8) is 0 Å². The number of nitrogens with one attached hydrogen (secondary N) is 1. The summed E-state index contributed by atoms with van der Waals surface area (Å²) >= 11 is 0. The van der Waals surface area contributed by atoms with Crippen molar-refractivity contribution in [1.29, 1.82) is 0 Å². The predicted octanol–water partition coefficient (Wildman–Crippen LogP) is 1.01. The third-order valence-corrected chi connectivity index (χ3v) is 2.87. The van der Waals surface area contributed by atoms with Crippen molar-refractivity contribution >= 4 is 11.6 Å². The zero-order valence-corrected chi connectivity index (χ0v) is 11.8. The van der Waals surface area contributed by atoms with E-state index >= 15 is 0 Å². The van der Waals surface area contributed by atoms with Gasteiger partial charge in [-0.2, -0.15) is 0 Å². The number of amides is 1. The topological polar surface area (TPSA) is 99.4 Å². The van der Waals surface area contributed by atoms with E-state index < -0.39 is 0 Å². The number of carbonyl (C=O) groups is 1. The molecule has 0 saturated heterocycles. The zero-order valence-electron chi connectivity index (χ0n) is 11.8. The number of methoxy groups -OCH3 is 2. The molecule has 1 heterocycles. The summed E-state index contributed by atoms with van der Waals surface area (Å²) in [6, 6.07) is 4.82. The minimum atomic E-state index is -0.313. The summed E-state index contributed by atoms with van der Waals surface area (Å²) in [6.45, 7) is 0.287. The van der Waals surface area contributed by atoms with E-state index in [1.165, 1.54) is 20.5 Å². The van der Waals surface area contributed by atoms with Crippen LogP contribution in [0.3, 0.4) is 0 Å². The summed E-state index contributed by atoms with van der Waals surface area (Å²) < 4.78 is 10.3. The lowest BCUT2D eigenvalue weighted by Crippen LogP contribution is -2.24. The number of hydrogen-bond acceptors (Lipinski definition) is 6. The van der Waals surface area contributed by atoms with Crippen LogP contribution in [0.25, 0.3) is 0 Å². The van der Waals surface area contributed by atoms with Crippen molar-refractivity contribution in [3.8, 4) is 11.5 Å². The number of aromatic nitrogens is 2. The molecule has 1 aromatic heterocycles. The summed E-state index contributed by atoms with van der Waals surface area (Å²) in [4.78, 5) is 20.0. The first-order chi connectivity index (χ1) is 10.2. The number of nitrogens with two attached hydrogens (primary N) is 1. The smallest absolute Gasteiger partial charge is 0.253 e. The van der Waals surface area contributed by atoms with E-state index in [4.69, 9.17) is 15.2 Å². The van der Waals surface area contributed by atoms with Crippen LogP contribution in [0.5, 0.6) is 11.5 Å². The average Bonchev–Trinajstić information content (AvgIpc) is 2.53. The van der Waals surface area contributed by atoms with Crippen molar-refractivity contribution in [2.45, 2.75) is 6.54 Å². The minimum absolute atomic E-state index is 0.287. The maximum Gasteiger partial charge on any atom is 0.253 e. The van der Waals surface area contributed by atoms with E-state index in [1.54, 1.807) is 24.4 Å². The van der Waals surface area contributed by atoms with E-state index in [9.17, 15) is 4.79 Å². The Morgan fingerprint density at radius 2 is 2.00 bits per heavy atom. The van der Waals surface area contributed by atoms with Crippen molar-refractivity contribution in [1.82, 2.24) is 15.3 Å². The second kappa shape index (κ2) is 6.56. The van der Waals surface area contributed by atoms with Crippen LogP contribution >= 0.6 is 0 Å². The Labute approximate surface area is 122 Å². The van der Waals surface area contributed by atoms with Gasteiger partial charge in [0.05, 0.1) is 32.0 Å². The van der Waals surface area contributed by atoms with Gasteiger partial charge in [-0.3, -0.25) is 4.79 Å². The fourth-order valence-corrected chi connectivity index (χ4v) is 1.78. The number of rotatable bonds is 5. The first-order valence-electron chi connectivity index (χ1n) is 6.20. The Morgan fingerprint density at radius 3 is 2.62 bits per heavy atom. The molecular formula is C14H16N4O3. The minimum Gasteiger partial charge on any atom is -0.493 e. The van der Waals surface area contributed by atoms with Crippen molar-refractivity contribution in [3.05, 3.63) is 42.0 Å². The molecule has 0 fully saturated rings. The SMILES string of the molecule is COc1cc(N)c(C(=O)NCc2ccncn2)cc1OC. The van der Waals surface area contributed by atoms with Gasteiger partial charge >= 0.3 is 0 Å². The Bertz CT molecular complexity index is 632. The van der Waals surface area contributed by atoms with Gasteiger partial charge in [-0.1, -0.05) is 0 Å². The standard InChI is InChI=1S/C14H16N4O3/c1-20-12-5-10(11(15)6-13(12)21-2)14(19)17-7-9-3-4-16-8-18-9/h3-6,8H,7,15H2,1-2H3,(H,17,19). The average molecular weight is 288 g/mol. The maximum absolute atomic E-state index is 12.2. The molecule has 0 unspecified atom stereocenters. The van der Waals surface area contributed by atoms with Gasteiger partial charge in [0, 0.05) is 18.0 Å². The van der Waals surface area contributed by atoms with Crippen LogP contribution in [-0.4, -0.2) is 30.1 Å². The molecule has 0 atom stereocenters. The van der Waals surface area contributed by atoms with Gasteiger partial charge in [0.15, 0.2) is 11.5 Å². The van der Waals surface area contributed by atoms with Crippen molar-refractivity contribution in [2.24, 2.45) is 0 Å². The molecule has 21 heavy (non-hydrogen) atoms. The summed E-state index contributed by atoms with van der Waals surface area (Å²) in [5.41, 5.74) is 7.21. The molecule has 0 aliphatic carbocycles. The van der Waals surface area contributed by atoms with Crippen molar-refractivity contribution < 1.29 is 14.3 Å². The lowest BCUT2D eigenvalue weighted by molar-refractivity contribution is 0.0951. The summed E-state index contributed by atoms with van der Waals surface area (Å²) in [7, 11) is 3.00. The molecule has 0 spiro atoms. The second-order valence-corrected chi connectivity index (χ2v) is 4.18. The van der Waals surface area contributed by atoms with E-state index in [0.29, 0.717) is 28.4 Å². The van der Waals surface area contributed by atoms with Crippen molar-refractivity contribution in [2.75, 3.05) is 20.0 Å². The quantitative estimate of drug-likeness (QED) is 0.796. The molecule has 110 valence electrons. The molecule has 1 amide bonds. The second-order valence-electron chi connectivity index (χ2n) is 4.18. The predicted molar refractivity (Wildman–Crippen MR) is 77.2 cm³/mol. The van der Waals surface area contributed by atoms with Gasteiger partial charge in [-0.15, -0.1) is 0 Å². The molecule has 7 nitrogen and oxygen atoms in total. The Hall–Kier alpha value is -2.83. The highest BCUT2D eigenvalue weighted by Crippen LogP contribution is 2.31. The molecule has 1 aromatic carbocycles. The zero-order chi connectivity index (χ0) is 15.2. The van der Waals surface area contributed by atoms with Crippen LogP contribution < -0.4 is 20.5 Å². The number of hydrogen-bond donors (Lipinski definition) is 2. The number of anilines is 1. The molecule has 3 N–H and O–H groups in total. The third kappa shape index (κ3) is 3.38. The molecule has 0 saturated carbocycles. The lowest BCUT2D eigenvalue weighted by Gasteiger charge is -2.12. The molecular weight excluding hydrogens is 272 g/mol. The fraction of sp³-hybridized carbons (Fsp3) is 0.214. The highest BCUT2D eigenvalue weighted by Gasteiger charge is 2.15. The van der Waals surface area contributed by atoms with Crippen LogP contribution in [-0.2, 0) is 6.54 Å². The first kappa shape index (κ1) is 14.6. The van der Waals surface area contributed by atoms with Crippen LogP contribution in [0.4, 0.5) is 5.69 Å². The molecule has 2 aromatic rings. The van der Waals surface area contributed by atoms with Gasteiger partial charge in [-0.05, 0) is 12.1 Å². The fourth-order valence-electron chi connectivity index (χ4n) is 1.78. The molecule has 0 aliphatic rings. The number of ether oxygens (including phenoxy) is 2. The van der Waals surface area contributed by atoms with Crippen LogP contribution in [0.2, 0.25) is 0 Å². The van der Waals surface area contributed by atoms with Crippen LogP contribution in [0, 0.1) is 0 Å². The Kier molecular flexibility index (Phi) is 4.55. The van der Waals surface area contributed by atoms with Gasteiger partial charge in [0.1, 0.15) is 6.33 Å². The number of carbonyl (C=O) groups excluding carboxylic acids is 1. The lowest BCUT2D eigenvalue weighted by atomic mass is 10.1. The van der Waals surface area contributed by atoms with Gasteiger partial charge in [0.25, 0.3) is 5.91 Å². The number of nitrogen functional groups attached to an aromatic ring is 1. The third-order valence-electron chi connectivity index (χ3n) is 2.87. The largest absolute Gasteiger partial charge is 0.493 e. The van der Waals surface area contributed by atoms with E-state index in [0.717, 1.165) is 0 Å². The summed E-state index contributed by atoms with van der Waals surface area (Å²) in [6.07, 6.45) is 3.03. The highest BCUT2D eigenvalue weighted by molar-refractivity contribution is 6.00. The van der Waals surface area contributed by atoms with Gasteiger partial charge in [0.2, 0.25) is 0 Å². The molecule has 0 aliphatic heterocycles. The van der Waals surface area contributed by atoms with Crippen LogP contribution in [0.1, 0.15) is 16.1 Å². The van der Waals surface area contributed by atoms with E-state index in [1.807, 2.05) is 0 Å². The summed E-state index contributed by atoms with van der Waals surface area (Å²) in [5, 5.41) is 2.74. The maximum atomic E-state index is 12.2.